The molecule has 2 atom stereocenters. The zero-order valence-corrected chi connectivity index (χ0v) is 15.8. The number of hydrogen-bond acceptors (Lipinski definition) is 4. The summed E-state index contributed by atoms with van der Waals surface area (Å²) in [5.41, 5.74) is 6.65. The summed E-state index contributed by atoms with van der Waals surface area (Å²) < 4.78 is 26.8. The van der Waals surface area contributed by atoms with E-state index in [-0.39, 0.29) is 36.0 Å². The number of hydrogen-bond donors (Lipinski definition) is 1. The van der Waals surface area contributed by atoms with Crippen LogP contribution in [0.2, 0.25) is 0 Å². The van der Waals surface area contributed by atoms with Crippen molar-refractivity contribution in [1.82, 2.24) is 9.21 Å². The van der Waals surface area contributed by atoms with Crippen molar-refractivity contribution in [2.75, 3.05) is 26.2 Å². The minimum atomic E-state index is -3.40. The van der Waals surface area contributed by atoms with Crippen LogP contribution in [-0.2, 0) is 20.6 Å². The molecule has 1 unspecified atom stereocenters. The summed E-state index contributed by atoms with van der Waals surface area (Å²) >= 11 is 0. The van der Waals surface area contributed by atoms with E-state index in [0.29, 0.717) is 26.2 Å². The highest BCUT2D eigenvalue weighted by molar-refractivity contribution is 7.88. The van der Waals surface area contributed by atoms with Crippen LogP contribution >= 0.6 is 12.4 Å². The number of amides is 1. The smallest absolute Gasteiger partial charge is 0.227 e. The minimum Gasteiger partial charge on any atom is -0.341 e. The third-order valence-electron chi connectivity index (χ3n) is 4.86. The summed E-state index contributed by atoms with van der Waals surface area (Å²) in [5.74, 6) is -0.194. The van der Waals surface area contributed by atoms with Crippen LogP contribution < -0.4 is 5.73 Å². The molecule has 0 saturated carbocycles. The van der Waals surface area contributed by atoms with Crippen LogP contribution in [0.3, 0.4) is 0 Å². The number of carbonyl (C=O) groups excluding carboxylic acids is 1. The van der Waals surface area contributed by atoms with Gasteiger partial charge < -0.3 is 10.6 Å². The van der Waals surface area contributed by atoms with Crippen LogP contribution in [0.15, 0.2) is 30.3 Å². The number of halogens is 1. The predicted molar refractivity (Wildman–Crippen MR) is 99.8 cm³/mol. The molecule has 25 heavy (non-hydrogen) atoms. The highest BCUT2D eigenvalue weighted by atomic mass is 35.5. The maximum atomic E-state index is 12.7. The zero-order valence-electron chi connectivity index (χ0n) is 14.2. The normalized spacial score (nSPS) is 24.8. The topological polar surface area (TPSA) is 83.7 Å². The van der Waals surface area contributed by atoms with Gasteiger partial charge in [-0.15, -0.1) is 12.4 Å². The summed E-state index contributed by atoms with van der Waals surface area (Å²) in [6.07, 6.45) is 2.31. The summed E-state index contributed by atoms with van der Waals surface area (Å²) in [7, 11) is -3.40. The molecule has 0 bridgehead atoms. The molecule has 2 aliphatic heterocycles. The number of rotatable bonds is 4. The van der Waals surface area contributed by atoms with Crippen LogP contribution in [0.5, 0.6) is 0 Å². The van der Waals surface area contributed by atoms with Gasteiger partial charge in [0.05, 0.1) is 11.7 Å². The van der Waals surface area contributed by atoms with E-state index < -0.39 is 10.0 Å². The molecule has 0 radical (unpaired) electrons. The van der Waals surface area contributed by atoms with Gasteiger partial charge in [0, 0.05) is 32.2 Å². The van der Waals surface area contributed by atoms with Crippen molar-refractivity contribution in [2.45, 2.75) is 31.1 Å². The van der Waals surface area contributed by atoms with E-state index in [2.05, 4.69) is 0 Å². The Kier molecular flexibility index (Phi) is 6.85. The highest BCUT2D eigenvalue weighted by Crippen LogP contribution is 2.24. The molecular weight excluding hydrogens is 362 g/mol. The Labute approximate surface area is 155 Å². The minimum absolute atomic E-state index is 0. The molecule has 8 heteroatoms. The Morgan fingerprint density at radius 3 is 2.48 bits per heavy atom. The number of nitrogens with zero attached hydrogens (tertiary/aromatic N) is 2. The van der Waals surface area contributed by atoms with E-state index in [1.807, 2.05) is 30.3 Å². The Morgan fingerprint density at radius 2 is 1.84 bits per heavy atom. The third kappa shape index (κ3) is 4.94. The van der Waals surface area contributed by atoms with Gasteiger partial charge in [0.15, 0.2) is 0 Å². The van der Waals surface area contributed by atoms with Gasteiger partial charge in [0.25, 0.3) is 0 Å². The summed E-state index contributed by atoms with van der Waals surface area (Å²) in [4.78, 5) is 14.4. The lowest BCUT2D eigenvalue weighted by Crippen LogP contribution is -2.46. The number of piperidine rings is 1. The second-order valence-electron chi connectivity index (χ2n) is 6.77. The summed E-state index contributed by atoms with van der Waals surface area (Å²) in [6.45, 7) is 2.07. The number of carbonyl (C=O) groups is 1. The van der Waals surface area contributed by atoms with Crippen molar-refractivity contribution in [3.63, 3.8) is 0 Å². The Balaban J connectivity index is 0.00000225. The van der Waals surface area contributed by atoms with Crippen molar-refractivity contribution in [1.29, 1.82) is 0 Å². The van der Waals surface area contributed by atoms with Crippen LogP contribution in [0.25, 0.3) is 0 Å². The van der Waals surface area contributed by atoms with E-state index in [1.165, 1.54) is 4.31 Å². The monoisotopic (exact) mass is 387 g/mol. The molecule has 1 amide bonds. The van der Waals surface area contributed by atoms with E-state index >= 15 is 0 Å². The predicted octanol–water partition coefficient (Wildman–Crippen LogP) is 1.21. The van der Waals surface area contributed by atoms with E-state index in [9.17, 15) is 13.2 Å². The van der Waals surface area contributed by atoms with Gasteiger partial charge in [0.2, 0.25) is 15.9 Å². The second-order valence-corrected chi connectivity index (χ2v) is 8.74. The van der Waals surface area contributed by atoms with Crippen molar-refractivity contribution < 1.29 is 13.2 Å². The largest absolute Gasteiger partial charge is 0.341 e. The lowest BCUT2D eigenvalue weighted by molar-refractivity contribution is -0.135. The van der Waals surface area contributed by atoms with Crippen LogP contribution in [0, 0.1) is 5.92 Å². The van der Waals surface area contributed by atoms with Gasteiger partial charge in [-0.3, -0.25) is 4.79 Å². The third-order valence-corrected chi connectivity index (χ3v) is 6.67. The van der Waals surface area contributed by atoms with Crippen LogP contribution in [0.4, 0.5) is 0 Å². The molecule has 6 nitrogen and oxygen atoms in total. The standard InChI is InChI=1S/C17H25N3O3S.ClH/c18-16-8-10-19(12-16)17(21)15-7-4-9-20(11-15)24(22,23)13-14-5-2-1-3-6-14;/h1-3,5-6,15-16H,4,7-13,18H2;1H/t15?,16-;/m1./s1. The molecule has 2 N–H and O–H groups in total. The summed E-state index contributed by atoms with van der Waals surface area (Å²) in [5, 5.41) is 0. The Hall–Kier alpha value is -1.15. The van der Waals surface area contributed by atoms with Crippen molar-refractivity contribution in [2.24, 2.45) is 11.7 Å². The van der Waals surface area contributed by atoms with Crippen LogP contribution in [0.1, 0.15) is 24.8 Å². The summed E-state index contributed by atoms with van der Waals surface area (Å²) in [6, 6.07) is 9.22. The molecule has 0 spiro atoms. The lowest BCUT2D eigenvalue weighted by atomic mass is 9.98. The Bertz CT molecular complexity index is 684. The fourth-order valence-electron chi connectivity index (χ4n) is 3.52. The first-order valence-electron chi connectivity index (χ1n) is 8.52. The molecule has 0 aromatic heterocycles. The molecule has 0 aliphatic carbocycles. The van der Waals surface area contributed by atoms with Gasteiger partial charge >= 0.3 is 0 Å². The van der Waals surface area contributed by atoms with Gasteiger partial charge in [-0.05, 0) is 24.8 Å². The van der Waals surface area contributed by atoms with Crippen molar-refractivity contribution in [3.8, 4) is 0 Å². The average Bonchev–Trinajstić information content (AvgIpc) is 3.01. The second kappa shape index (κ2) is 8.49. The van der Waals surface area contributed by atoms with Crippen LogP contribution in [-0.4, -0.2) is 55.8 Å². The van der Waals surface area contributed by atoms with Crippen molar-refractivity contribution in [3.05, 3.63) is 35.9 Å². The highest BCUT2D eigenvalue weighted by Gasteiger charge is 2.35. The molecule has 2 fully saturated rings. The average molecular weight is 388 g/mol. The fourth-order valence-corrected chi connectivity index (χ4v) is 5.13. The molecule has 2 aliphatic rings. The molecule has 1 aromatic rings. The van der Waals surface area contributed by atoms with E-state index in [4.69, 9.17) is 5.73 Å². The van der Waals surface area contributed by atoms with Gasteiger partial charge in [0.1, 0.15) is 0 Å². The van der Waals surface area contributed by atoms with Gasteiger partial charge in [-0.25, -0.2) is 12.7 Å². The number of sulfonamides is 1. The number of benzene rings is 1. The molecular formula is C17H26ClN3O3S. The van der Waals surface area contributed by atoms with E-state index in [1.54, 1.807) is 4.90 Å². The first-order chi connectivity index (χ1) is 11.5. The molecule has 140 valence electrons. The fraction of sp³-hybridized carbons (Fsp3) is 0.588. The lowest BCUT2D eigenvalue weighted by Gasteiger charge is -2.33. The Morgan fingerprint density at radius 1 is 1.12 bits per heavy atom. The number of nitrogens with two attached hydrogens (primary N) is 1. The molecule has 1 aromatic carbocycles. The van der Waals surface area contributed by atoms with E-state index in [0.717, 1.165) is 24.8 Å². The first kappa shape index (κ1) is 20.2. The number of likely N-dealkylation sites (tertiary alicyclic amines) is 1. The zero-order chi connectivity index (χ0) is 17.2. The maximum absolute atomic E-state index is 12.7. The molecule has 3 rings (SSSR count). The maximum Gasteiger partial charge on any atom is 0.227 e. The molecule has 2 heterocycles. The van der Waals surface area contributed by atoms with Gasteiger partial charge in [-0.1, -0.05) is 30.3 Å². The van der Waals surface area contributed by atoms with Crippen molar-refractivity contribution >= 4 is 28.3 Å². The molecule has 2 saturated heterocycles. The quantitative estimate of drug-likeness (QED) is 0.841. The SMILES string of the molecule is Cl.N[C@@H]1CCN(C(=O)C2CCCN(S(=O)(=O)Cc3ccccc3)C2)C1. The first-order valence-corrected chi connectivity index (χ1v) is 10.1. The van der Waals surface area contributed by atoms with Gasteiger partial charge in [-0.2, -0.15) is 0 Å².